The van der Waals surface area contributed by atoms with E-state index in [4.69, 9.17) is 0 Å². The van der Waals surface area contributed by atoms with Crippen LogP contribution < -0.4 is 16.8 Å². The molecule has 0 fully saturated rings. The number of aryl methyl sites for hydroxylation is 1. The van der Waals surface area contributed by atoms with Crippen molar-refractivity contribution in [3.8, 4) is 0 Å². The number of fused-ring (bicyclic) bond motifs is 1. The Hall–Kier alpha value is -3.29. The van der Waals surface area contributed by atoms with Crippen molar-refractivity contribution in [2.75, 3.05) is 0 Å². The minimum Gasteiger partial charge on any atom is -0.305 e. The third-order valence-corrected chi connectivity index (χ3v) is 3.30. The number of nitrogens with zero attached hydrogens (tertiary/aromatic N) is 2. The molecule has 3 aromatic rings. The van der Waals surface area contributed by atoms with E-state index in [0.717, 1.165) is 4.57 Å². The summed E-state index contributed by atoms with van der Waals surface area (Å²) in [4.78, 5) is 43.9. The molecule has 0 aliphatic heterocycles. The number of aromatic nitrogens is 4. The highest BCUT2D eigenvalue weighted by Gasteiger charge is 2.09. The van der Waals surface area contributed by atoms with Gasteiger partial charge in [0, 0.05) is 7.05 Å². The number of halogens is 1. The number of benzene rings is 1. The van der Waals surface area contributed by atoms with Crippen molar-refractivity contribution in [1.82, 2.24) is 19.5 Å². The zero-order chi connectivity index (χ0) is 16.6. The summed E-state index contributed by atoms with van der Waals surface area (Å²) < 4.78 is 13.9. The Labute approximate surface area is 127 Å². The standard InChI is InChI=1S/C15H11FN4O3/c1-20-12-11(14(22)19-15(20)23)17-10(13(21)18-12)7-4-8-2-5-9(16)6-3-8/h2-7H,1H3,(H,18,21)(H,19,22,23)/b7-4+. The van der Waals surface area contributed by atoms with E-state index in [1.165, 1.54) is 37.4 Å². The Morgan fingerprint density at radius 1 is 1.04 bits per heavy atom. The number of H-pyrrole nitrogens is 2. The van der Waals surface area contributed by atoms with Gasteiger partial charge in [0.15, 0.2) is 5.52 Å². The lowest BCUT2D eigenvalue weighted by Crippen LogP contribution is -2.31. The Kier molecular flexibility index (Phi) is 3.49. The van der Waals surface area contributed by atoms with E-state index in [1.807, 2.05) is 0 Å². The van der Waals surface area contributed by atoms with Gasteiger partial charge in [-0.15, -0.1) is 0 Å². The van der Waals surface area contributed by atoms with Gasteiger partial charge in [0.2, 0.25) is 0 Å². The molecule has 3 rings (SSSR count). The fraction of sp³-hybridized carbons (Fsp3) is 0.0667. The lowest BCUT2D eigenvalue weighted by molar-refractivity contribution is 0.628. The lowest BCUT2D eigenvalue weighted by atomic mass is 10.2. The fourth-order valence-corrected chi connectivity index (χ4v) is 2.06. The molecule has 0 atom stereocenters. The number of rotatable bonds is 2. The molecule has 2 aromatic heterocycles. The van der Waals surface area contributed by atoms with Gasteiger partial charge in [0.1, 0.15) is 17.2 Å². The van der Waals surface area contributed by atoms with Crippen molar-refractivity contribution in [3.05, 3.63) is 72.5 Å². The first kappa shape index (κ1) is 14.6. The summed E-state index contributed by atoms with van der Waals surface area (Å²) in [7, 11) is 1.41. The predicted octanol–water partition coefficient (Wildman–Crippen LogP) is 0.620. The minimum absolute atomic E-state index is 0.00553. The zero-order valence-corrected chi connectivity index (χ0v) is 12.0. The van der Waals surface area contributed by atoms with Crippen molar-refractivity contribution < 1.29 is 4.39 Å². The highest BCUT2D eigenvalue weighted by atomic mass is 19.1. The number of aromatic amines is 2. The van der Waals surface area contributed by atoms with E-state index < -0.39 is 16.8 Å². The largest absolute Gasteiger partial charge is 0.329 e. The van der Waals surface area contributed by atoms with Crippen LogP contribution in [-0.4, -0.2) is 19.5 Å². The molecule has 0 saturated heterocycles. The van der Waals surface area contributed by atoms with E-state index in [0.29, 0.717) is 5.56 Å². The number of nitrogens with one attached hydrogen (secondary N) is 2. The SMILES string of the molecule is Cn1c(=O)[nH]c(=O)c2nc(/C=C/c3ccc(F)cc3)c(=O)[nH]c21. The number of hydrogen-bond donors (Lipinski definition) is 2. The van der Waals surface area contributed by atoms with E-state index >= 15 is 0 Å². The molecule has 0 radical (unpaired) electrons. The van der Waals surface area contributed by atoms with Crippen LogP contribution in [-0.2, 0) is 7.05 Å². The molecule has 0 amide bonds. The third-order valence-electron chi connectivity index (χ3n) is 3.30. The summed E-state index contributed by atoms with van der Waals surface area (Å²) in [5.41, 5.74) is -1.21. The topological polar surface area (TPSA) is 101 Å². The first-order chi connectivity index (χ1) is 11.0. The highest BCUT2D eigenvalue weighted by molar-refractivity contribution is 5.73. The Bertz CT molecular complexity index is 1090. The molecule has 8 heteroatoms. The summed E-state index contributed by atoms with van der Waals surface area (Å²) >= 11 is 0. The van der Waals surface area contributed by atoms with E-state index in [-0.39, 0.29) is 22.7 Å². The van der Waals surface area contributed by atoms with Gasteiger partial charge >= 0.3 is 5.69 Å². The van der Waals surface area contributed by atoms with Crippen molar-refractivity contribution in [2.45, 2.75) is 0 Å². The van der Waals surface area contributed by atoms with E-state index in [9.17, 15) is 18.8 Å². The van der Waals surface area contributed by atoms with Crippen molar-refractivity contribution in [2.24, 2.45) is 7.05 Å². The van der Waals surface area contributed by atoms with Crippen LogP contribution in [0.1, 0.15) is 11.3 Å². The monoisotopic (exact) mass is 314 g/mol. The molecule has 7 nitrogen and oxygen atoms in total. The van der Waals surface area contributed by atoms with Crippen LogP contribution in [0, 0.1) is 5.82 Å². The van der Waals surface area contributed by atoms with Crippen LogP contribution >= 0.6 is 0 Å². The van der Waals surface area contributed by atoms with Gasteiger partial charge in [-0.2, -0.15) is 0 Å². The predicted molar refractivity (Wildman–Crippen MR) is 83.6 cm³/mol. The van der Waals surface area contributed by atoms with Crippen LogP contribution in [0.3, 0.4) is 0 Å². The molecule has 23 heavy (non-hydrogen) atoms. The zero-order valence-electron chi connectivity index (χ0n) is 12.0. The summed E-state index contributed by atoms with van der Waals surface area (Å²) in [6.07, 6.45) is 2.98. The van der Waals surface area contributed by atoms with Gasteiger partial charge in [-0.05, 0) is 23.8 Å². The normalized spacial score (nSPS) is 11.4. The first-order valence-electron chi connectivity index (χ1n) is 6.63. The molecule has 116 valence electrons. The molecule has 1 aromatic carbocycles. The maximum atomic E-state index is 12.8. The number of hydrogen-bond acceptors (Lipinski definition) is 4. The maximum Gasteiger partial charge on any atom is 0.329 e. The molecular formula is C15H11FN4O3. The summed E-state index contributed by atoms with van der Waals surface area (Å²) in [6, 6.07) is 5.66. The summed E-state index contributed by atoms with van der Waals surface area (Å²) in [6.45, 7) is 0. The summed E-state index contributed by atoms with van der Waals surface area (Å²) in [5.74, 6) is -0.365. The smallest absolute Gasteiger partial charge is 0.305 e. The second kappa shape index (κ2) is 5.48. The molecule has 0 unspecified atom stereocenters. The Balaban J connectivity index is 2.14. The highest BCUT2D eigenvalue weighted by Crippen LogP contribution is 2.07. The average Bonchev–Trinajstić information content (AvgIpc) is 2.53. The van der Waals surface area contributed by atoms with E-state index in [1.54, 1.807) is 6.08 Å². The molecule has 0 bridgehead atoms. The Morgan fingerprint density at radius 3 is 2.43 bits per heavy atom. The van der Waals surface area contributed by atoms with Crippen LogP contribution in [0.25, 0.3) is 23.3 Å². The van der Waals surface area contributed by atoms with Crippen LogP contribution in [0.4, 0.5) is 4.39 Å². The Morgan fingerprint density at radius 2 is 1.74 bits per heavy atom. The molecule has 0 aliphatic carbocycles. The second-order valence-corrected chi connectivity index (χ2v) is 4.85. The van der Waals surface area contributed by atoms with Gasteiger partial charge in [0.05, 0.1) is 0 Å². The lowest BCUT2D eigenvalue weighted by Gasteiger charge is -2.03. The molecule has 0 spiro atoms. The van der Waals surface area contributed by atoms with Crippen molar-refractivity contribution in [3.63, 3.8) is 0 Å². The molecule has 2 heterocycles. The second-order valence-electron chi connectivity index (χ2n) is 4.85. The van der Waals surface area contributed by atoms with Crippen molar-refractivity contribution >= 4 is 23.3 Å². The minimum atomic E-state index is -0.684. The van der Waals surface area contributed by atoms with Crippen LogP contribution in [0.5, 0.6) is 0 Å². The molecule has 0 saturated carbocycles. The van der Waals surface area contributed by atoms with Gasteiger partial charge in [-0.3, -0.25) is 19.1 Å². The van der Waals surface area contributed by atoms with E-state index in [2.05, 4.69) is 15.0 Å². The first-order valence-corrected chi connectivity index (χ1v) is 6.63. The maximum absolute atomic E-state index is 12.8. The van der Waals surface area contributed by atoms with Gasteiger partial charge in [-0.25, -0.2) is 14.2 Å². The van der Waals surface area contributed by atoms with Crippen LogP contribution in [0.15, 0.2) is 38.6 Å². The fourth-order valence-electron chi connectivity index (χ4n) is 2.06. The third kappa shape index (κ3) is 2.73. The average molecular weight is 314 g/mol. The van der Waals surface area contributed by atoms with Crippen LogP contribution in [0.2, 0.25) is 0 Å². The molecular weight excluding hydrogens is 303 g/mol. The van der Waals surface area contributed by atoms with Gasteiger partial charge < -0.3 is 4.98 Å². The molecule has 0 aliphatic rings. The van der Waals surface area contributed by atoms with Gasteiger partial charge in [0.25, 0.3) is 11.1 Å². The molecule has 2 N–H and O–H groups in total. The van der Waals surface area contributed by atoms with Crippen molar-refractivity contribution in [1.29, 1.82) is 0 Å². The summed E-state index contributed by atoms with van der Waals surface area (Å²) in [5, 5.41) is 0. The van der Waals surface area contributed by atoms with Gasteiger partial charge in [-0.1, -0.05) is 18.2 Å². The quantitative estimate of drug-likeness (QED) is 0.724.